The van der Waals surface area contributed by atoms with Gasteiger partial charge in [-0.25, -0.2) is 0 Å². The van der Waals surface area contributed by atoms with Crippen molar-refractivity contribution in [3.05, 3.63) is 0 Å². The second-order valence-electron chi connectivity index (χ2n) is 2.07. The molecule has 2 amide bonds. The van der Waals surface area contributed by atoms with Crippen LogP contribution < -0.4 is 10.0 Å². The zero-order valence-electron chi connectivity index (χ0n) is 5.84. The SMILES string of the molecule is CC(C)NC(=O)C(=O)NS. The molecule has 0 atom stereocenters. The van der Waals surface area contributed by atoms with E-state index in [1.165, 1.54) is 0 Å². The molecule has 5 heteroatoms. The van der Waals surface area contributed by atoms with Crippen molar-refractivity contribution in [1.82, 2.24) is 10.0 Å². The highest BCUT2D eigenvalue weighted by Gasteiger charge is 2.11. The van der Waals surface area contributed by atoms with E-state index in [0.717, 1.165) is 0 Å². The van der Waals surface area contributed by atoms with Gasteiger partial charge in [0.05, 0.1) is 0 Å². The van der Waals surface area contributed by atoms with Crippen LogP contribution in [-0.2, 0) is 9.59 Å². The smallest absolute Gasteiger partial charge is 0.318 e. The molecule has 0 fully saturated rings. The molecular weight excluding hydrogens is 152 g/mol. The molecule has 0 saturated heterocycles. The third kappa shape index (κ3) is 3.34. The van der Waals surface area contributed by atoms with Gasteiger partial charge in [0.2, 0.25) is 0 Å². The minimum Gasteiger partial charge on any atom is -0.346 e. The van der Waals surface area contributed by atoms with E-state index in [9.17, 15) is 9.59 Å². The van der Waals surface area contributed by atoms with Crippen LogP contribution in [0.15, 0.2) is 0 Å². The Hall–Kier alpha value is -0.710. The lowest BCUT2D eigenvalue weighted by atomic mass is 10.4. The Morgan fingerprint density at radius 1 is 1.30 bits per heavy atom. The molecule has 0 unspecified atom stereocenters. The van der Waals surface area contributed by atoms with Gasteiger partial charge in [0.15, 0.2) is 0 Å². The first-order valence-electron chi connectivity index (χ1n) is 2.83. The second kappa shape index (κ2) is 4.16. The Labute approximate surface area is 64.9 Å². The highest BCUT2D eigenvalue weighted by atomic mass is 32.1. The van der Waals surface area contributed by atoms with E-state index in [4.69, 9.17) is 0 Å². The van der Waals surface area contributed by atoms with Crippen LogP contribution in [0.1, 0.15) is 13.8 Å². The van der Waals surface area contributed by atoms with Crippen molar-refractivity contribution in [3.63, 3.8) is 0 Å². The highest BCUT2D eigenvalue weighted by Crippen LogP contribution is 1.77. The largest absolute Gasteiger partial charge is 0.346 e. The molecule has 0 aliphatic rings. The van der Waals surface area contributed by atoms with Crippen molar-refractivity contribution in [3.8, 4) is 0 Å². The number of carbonyl (C=O) groups excluding carboxylic acids is 2. The van der Waals surface area contributed by atoms with Gasteiger partial charge in [-0.2, -0.15) is 0 Å². The van der Waals surface area contributed by atoms with Gasteiger partial charge in [0.1, 0.15) is 0 Å². The number of rotatable bonds is 1. The van der Waals surface area contributed by atoms with Gasteiger partial charge in [-0.15, -0.1) is 0 Å². The molecule has 0 radical (unpaired) electrons. The molecule has 0 spiro atoms. The second-order valence-corrected chi connectivity index (χ2v) is 2.29. The van der Waals surface area contributed by atoms with Crippen LogP contribution >= 0.6 is 12.8 Å². The summed E-state index contributed by atoms with van der Waals surface area (Å²) in [5.41, 5.74) is 0. The molecule has 10 heavy (non-hydrogen) atoms. The van der Waals surface area contributed by atoms with Crippen molar-refractivity contribution in [2.24, 2.45) is 0 Å². The van der Waals surface area contributed by atoms with Gasteiger partial charge in [0.25, 0.3) is 0 Å². The molecule has 0 heterocycles. The number of thiol groups is 1. The summed E-state index contributed by atoms with van der Waals surface area (Å²) in [4.78, 5) is 21.1. The van der Waals surface area contributed by atoms with E-state index < -0.39 is 11.8 Å². The van der Waals surface area contributed by atoms with Crippen molar-refractivity contribution in [1.29, 1.82) is 0 Å². The van der Waals surface area contributed by atoms with E-state index in [2.05, 4.69) is 18.1 Å². The summed E-state index contributed by atoms with van der Waals surface area (Å²) in [6, 6.07) is -0.0295. The molecule has 0 aliphatic heterocycles. The molecule has 0 rings (SSSR count). The van der Waals surface area contributed by atoms with Gasteiger partial charge in [0, 0.05) is 6.04 Å². The predicted molar refractivity (Wildman–Crippen MR) is 40.4 cm³/mol. The normalized spacial score (nSPS) is 9.20. The quantitative estimate of drug-likeness (QED) is 0.358. The van der Waals surface area contributed by atoms with Gasteiger partial charge in [-0.1, -0.05) is 12.8 Å². The maximum atomic E-state index is 10.6. The Balaban J connectivity index is 3.74. The molecule has 4 nitrogen and oxygen atoms in total. The third-order valence-corrected chi connectivity index (χ3v) is 0.931. The minimum absolute atomic E-state index is 0.0295. The first-order chi connectivity index (χ1) is 4.57. The maximum absolute atomic E-state index is 10.6. The Morgan fingerprint density at radius 3 is 2.10 bits per heavy atom. The number of amides is 2. The Morgan fingerprint density at radius 2 is 1.80 bits per heavy atom. The summed E-state index contributed by atoms with van der Waals surface area (Å²) in [5.74, 6) is -1.40. The van der Waals surface area contributed by atoms with Crippen LogP contribution in [0.25, 0.3) is 0 Å². The molecule has 0 aliphatic carbocycles. The number of nitrogens with one attached hydrogen (secondary N) is 2. The van der Waals surface area contributed by atoms with Gasteiger partial charge < -0.3 is 5.32 Å². The van der Waals surface area contributed by atoms with Crippen molar-refractivity contribution in [2.75, 3.05) is 0 Å². The zero-order chi connectivity index (χ0) is 8.15. The summed E-state index contributed by atoms with van der Waals surface area (Å²) in [6.45, 7) is 3.54. The van der Waals surface area contributed by atoms with Crippen molar-refractivity contribution in [2.45, 2.75) is 19.9 Å². The first kappa shape index (κ1) is 9.29. The van der Waals surface area contributed by atoms with Crippen LogP contribution in [0.2, 0.25) is 0 Å². The average Bonchev–Trinajstić information content (AvgIpc) is 1.85. The molecular formula is C5H10N2O2S. The van der Waals surface area contributed by atoms with Crippen molar-refractivity contribution >= 4 is 24.6 Å². The average molecular weight is 162 g/mol. The van der Waals surface area contributed by atoms with E-state index >= 15 is 0 Å². The zero-order valence-corrected chi connectivity index (χ0v) is 6.74. The van der Waals surface area contributed by atoms with Gasteiger partial charge >= 0.3 is 11.8 Å². The number of hydrogen-bond donors (Lipinski definition) is 3. The van der Waals surface area contributed by atoms with Crippen LogP contribution in [0.4, 0.5) is 0 Å². The third-order valence-electron chi connectivity index (χ3n) is 0.728. The van der Waals surface area contributed by atoms with E-state index in [1.54, 1.807) is 13.8 Å². The standard InChI is InChI=1S/C5H10N2O2S/c1-3(2)6-4(8)5(9)7-10/h3,10H,1-2H3,(H,6,8)(H,7,9). The minimum atomic E-state index is -0.739. The summed E-state index contributed by atoms with van der Waals surface area (Å²) < 4.78 is 1.91. The van der Waals surface area contributed by atoms with Gasteiger partial charge in [-0.3, -0.25) is 14.3 Å². The molecule has 0 bridgehead atoms. The van der Waals surface area contributed by atoms with E-state index in [1.807, 2.05) is 4.72 Å². The summed E-state index contributed by atoms with van der Waals surface area (Å²) in [7, 11) is 0. The van der Waals surface area contributed by atoms with Crippen LogP contribution in [0.5, 0.6) is 0 Å². The summed E-state index contributed by atoms with van der Waals surface area (Å²) >= 11 is 3.42. The molecule has 0 saturated carbocycles. The highest BCUT2D eigenvalue weighted by molar-refractivity contribution is 7.78. The van der Waals surface area contributed by atoms with Crippen LogP contribution in [-0.4, -0.2) is 17.9 Å². The molecule has 0 aromatic rings. The predicted octanol–water partition coefficient (Wildman–Crippen LogP) is -0.528. The fraction of sp³-hybridized carbons (Fsp3) is 0.600. The summed E-state index contributed by atoms with van der Waals surface area (Å²) in [6.07, 6.45) is 0. The molecule has 0 aromatic heterocycles. The van der Waals surface area contributed by atoms with Crippen LogP contribution in [0, 0.1) is 0 Å². The van der Waals surface area contributed by atoms with E-state index in [-0.39, 0.29) is 6.04 Å². The number of carbonyl (C=O) groups is 2. The first-order valence-corrected chi connectivity index (χ1v) is 3.27. The van der Waals surface area contributed by atoms with Gasteiger partial charge in [-0.05, 0) is 13.8 Å². The topological polar surface area (TPSA) is 58.2 Å². The van der Waals surface area contributed by atoms with Crippen molar-refractivity contribution < 1.29 is 9.59 Å². The lowest BCUT2D eigenvalue weighted by Crippen LogP contribution is -2.39. The molecule has 58 valence electrons. The fourth-order valence-electron chi connectivity index (χ4n) is 0.379. The van der Waals surface area contributed by atoms with Crippen LogP contribution in [0.3, 0.4) is 0 Å². The monoisotopic (exact) mass is 162 g/mol. The molecule has 0 aromatic carbocycles. The fourth-order valence-corrected chi connectivity index (χ4v) is 0.480. The number of hydrogen-bond acceptors (Lipinski definition) is 3. The maximum Gasteiger partial charge on any atom is 0.318 e. The lowest BCUT2D eigenvalue weighted by molar-refractivity contribution is -0.138. The molecule has 2 N–H and O–H groups in total. The summed E-state index contributed by atoms with van der Waals surface area (Å²) in [5, 5.41) is 2.39. The lowest BCUT2D eigenvalue weighted by Gasteiger charge is -2.05. The Bertz CT molecular complexity index is 147. The van der Waals surface area contributed by atoms with E-state index in [0.29, 0.717) is 0 Å². The Kier molecular flexibility index (Phi) is 3.87.